The first kappa shape index (κ1) is 24.7. The number of primary amides is 1. The Kier molecular flexibility index (Phi) is 7.16. The Hall–Kier alpha value is -4.44. The van der Waals surface area contributed by atoms with Gasteiger partial charge in [0.25, 0.3) is 17.7 Å². The predicted octanol–water partition coefficient (Wildman–Crippen LogP) is 3.91. The molecule has 0 aromatic heterocycles. The van der Waals surface area contributed by atoms with Gasteiger partial charge in [0, 0.05) is 0 Å². The highest BCUT2D eigenvalue weighted by Crippen LogP contribution is 2.38. The Morgan fingerprint density at radius 2 is 1.44 bits per heavy atom. The zero-order valence-electron chi connectivity index (χ0n) is 19.0. The topological polar surface area (TPSA) is 119 Å². The molecule has 5 amide bonds. The number of urea groups is 1. The van der Waals surface area contributed by atoms with Crippen LogP contribution in [0.15, 0.2) is 82.8 Å². The Morgan fingerprint density at radius 3 is 1.92 bits per heavy atom. The van der Waals surface area contributed by atoms with E-state index in [1.54, 1.807) is 66.7 Å². The fraction of sp³-hybridized carbons (Fsp3) is 0.0769. The van der Waals surface area contributed by atoms with Crippen molar-refractivity contribution in [2.45, 2.75) is 0 Å². The van der Waals surface area contributed by atoms with Crippen molar-refractivity contribution in [3.05, 3.63) is 88.4 Å². The minimum atomic E-state index is -0.784. The summed E-state index contributed by atoms with van der Waals surface area (Å²) in [6.07, 6.45) is 1.37. The zero-order chi connectivity index (χ0) is 25.8. The average molecular weight is 550 g/mol. The molecule has 1 fully saturated rings. The van der Waals surface area contributed by atoms with E-state index in [0.717, 1.165) is 9.80 Å². The SMILES string of the molecule is COc1cc(C=C2C(=O)N(c3ccccc3)C(=O)N(c3ccccc3)C2=O)cc(Br)c1OCC(N)=O. The molecule has 3 aromatic rings. The Labute approximate surface area is 214 Å². The van der Waals surface area contributed by atoms with E-state index in [0.29, 0.717) is 21.4 Å². The van der Waals surface area contributed by atoms with Crippen molar-refractivity contribution in [1.82, 2.24) is 0 Å². The van der Waals surface area contributed by atoms with Crippen LogP contribution in [0.3, 0.4) is 0 Å². The number of rotatable bonds is 7. The monoisotopic (exact) mass is 549 g/mol. The molecule has 36 heavy (non-hydrogen) atoms. The van der Waals surface area contributed by atoms with Gasteiger partial charge in [0.05, 0.1) is 23.0 Å². The van der Waals surface area contributed by atoms with Gasteiger partial charge in [0.2, 0.25) is 0 Å². The van der Waals surface area contributed by atoms with Crippen molar-refractivity contribution in [1.29, 1.82) is 0 Å². The molecule has 1 saturated heterocycles. The number of para-hydroxylation sites is 2. The molecule has 4 rings (SSSR count). The van der Waals surface area contributed by atoms with Gasteiger partial charge in [-0.15, -0.1) is 0 Å². The van der Waals surface area contributed by atoms with Crippen LogP contribution in [0.4, 0.5) is 16.2 Å². The van der Waals surface area contributed by atoms with Gasteiger partial charge in [0.1, 0.15) is 5.57 Å². The first-order valence-electron chi connectivity index (χ1n) is 10.6. The van der Waals surface area contributed by atoms with Crippen molar-refractivity contribution in [3.8, 4) is 11.5 Å². The molecular formula is C26H20BrN3O6. The fourth-order valence-corrected chi connectivity index (χ4v) is 4.19. The average Bonchev–Trinajstić information content (AvgIpc) is 2.87. The lowest BCUT2D eigenvalue weighted by Gasteiger charge is -2.34. The number of hydrogen-bond donors (Lipinski definition) is 1. The number of amides is 5. The second kappa shape index (κ2) is 10.4. The summed E-state index contributed by atoms with van der Waals surface area (Å²) in [5, 5.41) is 0. The number of anilines is 2. The Balaban J connectivity index is 1.83. The van der Waals surface area contributed by atoms with E-state index in [1.165, 1.54) is 19.3 Å². The summed E-state index contributed by atoms with van der Waals surface area (Å²) in [7, 11) is 1.40. The maximum atomic E-state index is 13.5. The molecule has 0 radical (unpaired) electrons. The highest BCUT2D eigenvalue weighted by atomic mass is 79.9. The van der Waals surface area contributed by atoms with Gasteiger partial charge in [-0.05, 0) is 64.0 Å². The van der Waals surface area contributed by atoms with Crippen molar-refractivity contribution in [2.75, 3.05) is 23.5 Å². The van der Waals surface area contributed by atoms with Gasteiger partial charge >= 0.3 is 6.03 Å². The summed E-state index contributed by atoms with van der Waals surface area (Å²) in [6.45, 7) is -0.369. The lowest BCUT2D eigenvalue weighted by Crippen LogP contribution is -2.57. The van der Waals surface area contributed by atoms with E-state index >= 15 is 0 Å². The molecule has 1 aliphatic heterocycles. The third-order valence-electron chi connectivity index (χ3n) is 5.20. The zero-order valence-corrected chi connectivity index (χ0v) is 20.6. The number of nitrogens with two attached hydrogens (primary N) is 1. The van der Waals surface area contributed by atoms with Crippen LogP contribution in [0.1, 0.15) is 5.56 Å². The molecule has 2 N–H and O–H groups in total. The molecule has 0 bridgehead atoms. The van der Waals surface area contributed by atoms with Crippen LogP contribution in [0.5, 0.6) is 11.5 Å². The summed E-state index contributed by atoms with van der Waals surface area (Å²) in [5.74, 6) is -1.74. The maximum Gasteiger partial charge on any atom is 0.343 e. The molecule has 10 heteroatoms. The molecule has 0 spiro atoms. The van der Waals surface area contributed by atoms with E-state index in [-0.39, 0.29) is 23.7 Å². The van der Waals surface area contributed by atoms with Gasteiger partial charge in [0.15, 0.2) is 18.1 Å². The number of carbonyl (C=O) groups excluding carboxylic acids is 4. The molecule has 1 heterocycles. The third kappa shape index (κ3) is 4.84. The summed E-state index contributed by atoms with van der Waals surface area (Å²) >= 11 is 3.36. The molecule has 0 saturated carbocycles. The van der Waals surface area contributed by atoms with E-state index in [4.69, 9.17) is 15.2 Å². The van der Waals surface area contributed by atoms with Crippen molar-refractivity contribution in [2.24, 2.45) is 5.73 Å². The molecule has 1 aliphatic rings. The number of hydrogen-bond acceptors (Lipinski definition) is 6. The molecular weight excluding hydrogens is 530 g/mol. The third-order valence-corrected chi connectivity index (χ3v) is 5.79. The van der Waals surface area contributed by atoms with E-state index < -0.39 is 23.8 Å². The minimum Gasteiger partial charge on any atom is -0.493 e. The fourth-order valence-electron chi connectivity index (χ4n) is 3.61. The van der Waals surface area contributed by atoms with Crippen LogP contribution < -0.4 is 25.0 Å². The number of halogens is 1. The molecule has 0 atom stereocenters. The first-order chi connectivity index (χ1) is 17.3. The second-order valence-electron chi connectivity index (χ2n) is 7.58. The highest BCUT2D eigenvalue weighted by molar-refractivity contribution is 9.10. The van der Waals surface area contributed by atoms with Crippen LogP contribution in [-0.2, 0) is 14.4 Å². The Morgan fingerprint density at radius 1 is 0.917 bits per heavy atom. The number of ether oxygens (including phenoxy) is 2. The number of methoxy groups -OCH3 is 1. The first-order valence-corrected chi connectivity index (χ1v) is 11.4. The number of nitrogens with zero attached hydrogens (tertiary/aromatic N) is 2. The van der Waals surface area contributed by atoms with Crippen LogP contribution in [-0.4, -0.2) is 37.5 Å². The molecule has 182 valence electrons. The van der Waals surface area contributed by atoms with Crippen LogP contribution in [0, 0.1) is 0 Å². The van der Waals surface area contributed by atoms with E-state index in [2.05, 4.69) is 15.9 Å². The summed E-state index contributed by atoms with van der Waals surface area (Å²) in [6, 6.07) is 19.0. The van der Waals surface area contributed by atoms with Gasteiger partial charge in [-0.3, -0.25) is 14.4 Å². The molecule has 0 aliphatic carbocycles. The summed E-state index contributed by atoms with van der Waals surface area (Å²) in [4.78, 5) is 53.4. The van der Waals surface area contributed by atoms with Gasteiger partial charge < -0.3 is 15.2 Å². The quantitative estimate of drug-likeness (QED) is 0.352. The second-order valence-corrected chi connectivity index (χ2v) is 8.44. The van der Waals surface area contributed by atoms with Crippen molar-refractivity contribution < 1.29 is 28.7 Å². The standard InChI is InChI=1S/C26H20BrN3O6/c1-35-21-14-16(13-20(27)23(21)36-15-22(28)31)12-19-24(32)29(17-8-4-2-5-9-17)26(34)30(25(19)33)18-10-6-3-7-11-18/h2-14H,15H2,1H3,(H2,28,31). The van der Waals surface area contributed by atoms with Crippen molar-refractivity contribution in [3.63, 3.8) is 0 Å². The number of benzene rings is 3. The normalized spacial score (nSPS) is 13.6. The lowest BCUT2D eigenvalue weighted by molar-refractivity contribution is -0.121. The van der Waals surface area contributed by atoms with Gasteiger partial charge in [-0.1, -0.05) is 36.4 Å². The van der Waals surface area contributed by atoms with Crippen LogP contribution in [0.2, 0.25) is 0 Å². The Bertz CT molecular complexity index is 1310. The molecule has 3 aromatic carbocycles. The predicted molar refractivity (Wildman–Crippen MR) is 137 cm³/mol. The van der Waals surface area contributed by atoms with Crippen LogP contribution in [0.25, 0.3) is 6.08 Å². The number of imide groups is 2. The van der Waals surface area contributed by atoms with Gasteiger partial charge in [-0.2, -0.15) is 0 Å². The molecule has 0 unspecified atom stereocenters. The smallest absolute Gasteiger partial charge is 0.343 e. The maximum absolute atomic E-state index is 13.5. The number of carbonyl (C=O) groups is 4. The lowest BCUT2D eigenvalue weighted by atomic mass is 10.0. The summed E-state index contributed by atoms with van der Waals surface area (Å²) < 4.78 is 11.2. The van der Waals surface area contributed by atoms with E-state index in [9.17, 15) is 19.2 Å². The summed E-state index contributed by atoms with van der Waals surface area (Å²) in [5.41, 5.74) is 5.98. The van der Waals surface area contributed by atoms with Gasteiger partial charge in [-0.25, -0.2) is 14.6 Å². The van der Waals surface area contributed by atoms with Crippen molar-refractivity contribution >= 4 is 57.1 Å². The minimum absolute atomic E-state index is 0.228. The number of barbiturate groups is 1. The highest BCUT2D eigenvalue weighted by Gasteiger charge is 2.43. The van der Waals surface area contributed by atoms with E-state index in [1.807, 2.05) is 0 Å². The van der Waals surface area contributed by atoms with Crippen LogP contribution >= 0.6 is 15.9 Å². The molecule has 9 nitrogen and oxygen atoms in total. The largest absolute Gasteiger partial charge is 0.493 e.